The Morgan fingerprint density at radius 2 is 1.69 bits per heavy atom. The molecule has 0 atom stereocenters. The number of hydrogen-bond acceptors (Lipinski definition) is 5. The molecule has 1 heterocycles. The first kappa shape index (κ1) is 20.7. The molecule has 0 unspecified atom stereocenters. The lowest BCUT2D eigenvalue weighted by Gasteiger charge is -2.13. The van der Waals surface area contributed by atoms with E-state index in [1.165, 1.54) is 29.8 Å². The molecule has 0 saturated heterocycles. The van der Waals surface area contributed by atoms with Crippen LogP contribution in [0.5, 0.6) is 17.2 Å². The Balaban J connectivity index is 2.03. The third-order valence-electron chi connectivity index (χ3n) is 4.31. The highest BCUT2D eigenvalue weighted by atomic mass is 35.5. The molecule has 0 radical (unpaired) electrons. The summed E-state index contributed by atoms with van der Waals surface area (Å²) in [6, 6.07) is 9.33. The van der Waals surface area contributed by atoms with E-state index in [-0.39, 0.29) is 11.8 Å². The van der Waals surface area contributed by atoms with E-state index in [1.807, 2.05) is 0 Å². The van der Waals surface area contributed by atoms with Crippen molar-refractivity contribution in [2.45, 2.75) is 12.8 Å². The van der Waals surface area contributed by atoms with Crippen LogP contribution in [0.1, 0.15) is 23.2 Å². The zero-order valence-electron chi connectivity index (χ0n) is 15.1. The Hall–Kier alpha value is -3.03. The summed E-state index contributed by atoms with van der Waals surface area (Å²) in [5.74, 6) is -1.59. The molecule has 0 amide bonds. The van der Waals surface area contributed by atoms with Gasteiger partial charge in [-0.05, 0) is 24.3 Å². The average Bonchev–Trinajstić information content (AvgIpc) is 2.67. The van der Waals surface area contributed by atoms with E-state index in [9.17, 15) is 19.5 Å². The molecule has 1 aromatic heterocycles. The molecule has 0 spiro atoms. The van der Waals surface area contributed by atoms with Crippen LogP contribution in [0.15, 0.2) is 41.2 Å². The lowest BCUT2D eigenvalue weighted by atomic mass is 10.0. The topological polar surface area (TPSA) is 106 Å². The molecule has 0 saturated carbocycles. The quantitative estimate of drug-likeness (QED) is 0.556. The summed E-state index contributed by atoms with van der Waals surface area (Å²) in [5, 5.41) is 20.2. The highest BCUT2D eigenvalue weighted by Crippen LogP contribution is 2.33. The molecule has 3 aromatic rings. The van der Waals surface area contributed by atoms with Gasteiger partial charge in [0.2, 0.25) is 0 Å². The molecule has 7 nitrogen and oxygen atoms in total. The molecule has 150 valence electrons. The number of aromatic hydroxyl groups is 1. The number of carboxylic acids is 1. The molecule has 9 heteroatoms. The van der Waals surface area contributed by atoms with Crippen molar-refractivity contribution >= 4 is 45.9 Å². The maximum absolute atomic E-state index is 12.6. The van der Waals surface area contributed by atoms with Crippen molar-refractivity contribution in [3.05, 3.63) is 62.4 Å². The number of rotatable bonds is 6. The number of fused-ring (bicyclic) bond motifs is 1. The van der Waals surface area contributed by atoms with Gasteiger partial charge < -0.3 is 19.5 Å². The zero-order valence-corrected chi connectivity index (χ0v) is 16.6. The van der Waals surface area contributed by atoms with E-state index < -0.39 is 35.0 Å². The van der Waals surface area contributed by atoms with Gasteiger partial charge in [-0.3, -0.25) is 14.4 Å². The molecular weight excluding hydrogens is 421 g/mol. The summed E-state index contributed by atoms with van der Waals surface area (Å²) >= 11 is 11.9. The highest BCUT2D eigenvalue weighted by Gasteiger charge is 2.22. The first-order valence-corrected chi connectivity index (χ1v) is 9.18. The van der Waals surface area contributed by atoms with Gasteiger partial charge in [-0.25, -0.2) is 0 Å². The largest absolute Gasteiger partial charge is 0.506 e. The zero-order chi connectivity index (χ0) is 21.3. The number of ketones is 1. The number of carbonyl (C=O) groups excluding carboxylic acids is 1. The maximum Gasteiger partial charge on any atom is 0.303 e. The van der Waals surface area contributed by atoms with E-state index in [0.29, 0.717) is 27.1 Å². The molecule has 0 aliphatic heterocycles. The van der Waals surface area contributed by atoms with Crippen molar-refractivity contribution < 1.29 is 24.5 Å². The van der Waals surface area contributed by atoms with Crippen LogP contribution in [0.4, 0.5) is 0 Å². The van der Waals surface area contributed by atoms with E-state index in [0.717, 1.165) is 0 Å². The maximum atomic E-state index is 12.6. The predicted octanol–water partition coefficient (Wildman–Crippen LogP) is 4.39. The van der Waals surface area contributed by atoms with Crippen LogP contribution < -0.4 is 10.3 Å². The monoisotopic (exact) mass is 435 g/mol. The fourth-order valence-electron chi connectivity index (χ4n) is 2.84. The summed E-state index contributed by atoms with van der Waals surface area (Å²) in [7, 11) is 1.45. The van der Waals surface area contributed by atoms with E-state index in [1.54, 1.807) is 18.2 Å². The van der Waals surface area contributed by atoms with Gasteiger partial charge in [0, 0.05) is 31.0 Å². The van der Waals surface area contributed by atoms with Gasteiger partial charge in [0.15, 0.2) is 5.78 Å². The SMILES string of the molecule is Cn1c(=O)c(C(=O)CCC(=O)O)c(O)c2ccc(Oc3ccc(Cl)c(Cl)c3)cc21. The number of hydrogen-bond donors (Lipinski definition) is 2. The van der Waals surface area contributed by atoms with Crippen molar-refractivity contribution in [3.63, 3.8) is 0 Å². The Bertz CT molecular complexity index is 1200. The summed E-state index contributed by atoms with van der Waals surface area (Å²) in [6.45, 7) is 0. The number of aryl methyl sites for hydroxylation is 1. The molecule has 3 rings (SSSR count). The van der Waals surface area contributed by atoms with E-state index >= 15 is 0 Å². The Labute approximate surface area is 174 Å². The summed E-state index contributed by atoms with van der Waals surface area (Å²) in [6.07, 6.45) is -0.821. The molecule has 0 fully saturated rings. The molecule has 2 aromatic carbocycles. The number of benzene rings is 2. The van der Waals surface area contributed by atoms with Crippen molar-refractivity contribution in [2.24, 2.45) is 7.05 Å². The van der Waals surface area contributed by atoms with Crippen molar-refractivity contribution in [1.29, 1.82) is 0 Å². The smallest absolute Gasteiger partial charge is 0.303 e. The van der Waals surface area contributed by atoms with Crippen LogP contribution in [0, 0.1) is 0 Å². The molecule has 0 bridgehead atoms. The number of Topliss-reactive ketones (excluding diaryl/α,β-unsaturated/α-hetero) is 1. The fourth-order valence-corrected chi connectivity index (χ4v) is 3.13. The third-order valence-corrected chi connectivity index (χ3v) is 5.05. The summed E-state index contributed by atoms with van der Waals surface area (Å²) in [4.78, 5) is 35.6. The van der Waals surface area contributed by atoms with Gasteiger partial charge in [-0.2, -0.15) is 0 Å². The molecule has 29 heavy (non-hydrogen) atoms. The second-order valence-electron chi connectivity index (χ2n) is 6.26. The third kappa shape index (κ3) is 4.21. The Morgan fingerprint density at radius 1 is 1.03 bits per heavy atom. The molecule has 0 aliphatic rings. The van der Waals surface area contributed by atoms with Gasteiger partial charge in [0.25, 0.3) is 5.56 Å². The highest BCUT2D eigenvalue weighted by molar-refractivity contribution is 6.42. The minimum atomic E-state index is -1.17. The van der Waals surface area contributed by atoms with Crippen LogP contribution in [-0.4, -0.2) is 26.5 Å². The summed E-state index contributed by atoms with van der Waals surface area (Å²) < 4.78 is 6.93. The van der Waals surface area contributed by atoms with Crippen LogP contribution in [-0.2, 0) is 11.8 Å². The first-order valence-electron chi connectivity index (χ1n) is 8.42. The average molecular weight is 436 g/mol. The number of aromatic nitrogens is 1. The number of ether oxygens (including phenoxy) is 1. The standard InChI is InChI=1S/C20H15Cl2NO6/c1-23-15-9-11(29-10-3-5-13(21)14(22)8-10)2-4-12(15)19(27)18(20(23)28)16(24)6-7-17(25)26/h2-5,8-9,27H,6-7H2,1H3,(H,25,26). The summed E-state index contributed by atoms with van der Waals surface area (Å²) in [5.41, 5.74) is -0.823. The minimum Gasteiger partial charge on any atom is -0.506 e. The number of pyridine rings is 1. The number of halogens is 2. The normalized spacial score (nSPS) is 10.9. The number of nitrogens with zero attached hydrogens (tertiary/aromatic N) is 1. The van der Waals surface area contributed by atoms with Crippen LogP contribution in [0.25, 0.3) is 10.9 Å². The predicted molar refractivity (Wildman–Crippen MR) is 109 cm³/mol. The van der Waals surface area contributed by atoms with Gasteiger partial charge in [-0.15, -0.1) is 0 Å². The second kappa shape index (κ2) is 8.14. The Kier molecular flexibility index (Phi) is 5.81. The second-order valence-corrected chi connectivity index (χ2v) is 7.08. The van der Waals surface area contributed by atoms with Gasteiger partial charge in [0.05, 0.1) is 22.0 Å². The Morgan fingerprint density at radius 3 is 2.34 bits per heavy atom. The number of carboxylic acid groups (broad SMARTS) is 1. The van der Waals surface area contributed by atoms with Crippen molar-refractivity contribution in [1.82, 2.24) is 4.57 Å². The minimum absolute atomic E-state index is 0.257. The van der Waals surface area contributed by atoms with Crippen molar-refractivity contribution in [3.8, 4) is 17.2 Å². The lowest BCUT2D eigenvalue weighted by Crippen LogP contribution is -2.25. The van der Waals surface area contributed by atoms with Crippen molar-refractivity contribution in [2.75, 3.05) is 0 Å². The van der Waals surface area contributed by atoms with Crippen LogP contribution >= 0.6 is 23.2 Å². The van der Waals surface area contributed by atoms with Crippen LogP contribution in [0.3, 0.4) is 0 Å². The lowest BCUT2D eigenvalue weighted by molar-refractivity contribution is -0.136. The van der Waals surface area contributed by atoms with Gasteiger partial charge in [-0.1, -0.05) is 23.2 Å². The van der Waals surface area contributed by atoms with E-state index in [2.05, 4.69) is 0 Å². The molecule has 2 N–H and O–H groups in total. The van der Waals surface area contributed by atoms with Crippen LogP contribution in [0.2, 0.25) is 10.0 Å². The van der Waals surface area contributed by atoms with Gasteiger partial charge in [0.1, 0.15) is 22.8 Å². The fraction of sp³-hybridized carbons (Fsp3) is 0.150. The van der Waals surface area contributed by atoms with Gasteiger partial charge >= 0.3 is 5.97 Å². The molecule has 0 aliphatic carbocycles. The molecular formula is C20H15Cl2NO6. The first-order chi connectivity index (χ1) is 13.7. The van der Waals surface area contributed by atoms with E-state index in [4.69, 9.17) is 33.0 Å². The number of carbonyl (C=O) groups is 2. The number of aliphatic carboxylic acids is 1.